The van der Waals surface area contributed by atoms with Crippen LogP contribution in [0.15, 0.2) is 18.2 Å². The van der Waals surface area contributed by atoms with Crippen LogP contribution in [-0.4, -0.2) is 29.3 Å². The Hall–Kier alpha value is -1.26. The van der Waals surface area contributed by atoms with Crippen molar-refractivity contribution in [2.75, 3.05) is 11.9 Å². The summed E-state index contributed by atoms with van der Waals surface area (Å²) in [6.07, 6.45) is 3.29. The summed E-state index contributed by atoms with van der Waals surface area (Å²) in [5.41, 5.74) is 0.599. The first-order valence-corrected chi connectivity index (χ1v) is 7.75. The van der Waals surface area contributed by atoms with Gasteiger partial charge in [0.25, 0.3) is 0 Å². The third kappa shape index (κ3) is 4.35. The molecule has 1 heterocycles. The van der Waals surface area contributed by atoms with E-state index in [0.29, 0.717) is 28.7 Å². The van der Waals surface area contributed by atoms with Crippen LogP contribution in [0.4, 0.5) is 10.5 Å². The molecule has 1 aliphatic rings. The molecule has 1 atom stereocenters. The van der Waals surface area contributed by atoms with E-state index in [-0.39, 0.29) is 17.9 Å². The molecule has 21 heavy (non-hydrogen) atoms. The number of benzene rings is 1. The van der Waals surface area contributed by atoms with Gasteiger partial charge in [-0.05, 0) is 44.4 Å². The molecule has 114 valence electrons. The van der Waals surface area contributed by atoms with Gasteiger partial charge in [-0.3, -0.25) is 4.79 Å². The number of amides is 2. The molecule has 0 radical (unpaired) electrons. The monoisotopic (exact) mass is 328 g/mol. The molecule has 6 heteroatoms. The lowest BCUT2D eigenvalue weighted by Gasteiger charge is -2.35. The summed E-state index contributed by atoms with van der Waals surface area (Å²) in [7, 11) is 0. The lowest BCUT2D eigenvalue weighted by Crippen LogP contribution is -2.46. The summed E-state index contributed by atoms with van der Waals surface area (Å²) in [4.78, 5) is 25.5. The van der Waals surface area contributed by atoms with Gasteiger partial charge in [0.15, 0.2) is 0 Å². The van der Waals surface area contributed by atoms with E-state index in [9.17, 15) is 9.59 Å². The summed E-state index contributed by atoms with van der Waals surface area (Å²) >= 11 is 11.8. The number of ketones is 1. The topological polar surface area (TPSA) is 49.4 Å². The van der Waals surface area contributed by atoms with Gasteiger partial charge in [-0.15, -0.1) is 0 Å². The highest BCUT2D eigenvalue weighted by Gasteiger charge is 2.27. The Morgan fingerprint density at radius 2 is 2.05 bits per heavy atom. The number of nitrogens with zero attached hydrogens (tertiary/aromatic N) is 1. The zero-order valence-electron chi connectivity index (χ0n) is 11.9. The molecule has 2 rings (SSSR count). The van der Waals surface area contributed by atoms with Crippen LogP contribution >= 0.6 is 23.2 Å². The minimum absolute atomic E-state index is 0.0148. The van der Waals surface area contributed by atoms with Gasteiger partial charge in [-0.25, -0.2) is 4.79 Å². The molecule has 4 nitrogen and oxygen atoms in total. The summed E-state index contributed by atoms with van der Waals surface area (Å²) in [5, 5.41) is 3.66. The van der Waals surface area contributed by atoms with E-state index in [2.05, 4.69) is 5.32 Å². The largest absolute Gasteiger partial charge is 0.322 e. The lowest BCUT2D eigenvalue weighted by molar-refractivity contribution is -0.118. The molecular weight excluding hydrogens is 311 g/mol. The molecule has 0 saturated carbocycles. The summed E-state index contributed by atoms with van der Waals surface area (Å²) in [6, 6.07) is 4.75. The molecule has 0 bridgehead atoms. The number of hydrogen-bond acceptors (Lipinski definition) is 2. The highest BCUT2D eigenvalue weighted by atomic mass is 35.5. The molecule has 1 unspecified atom stereocenters. The number of halogens is 2. The Morgan fingerprint density at radius 3 is 2.71 bits per heavy atom. The average molecular weight is 329 g/mol. The van der Waals surface area contributed by atoms with Crippen molar-refractivity contribution in [2.24, 2.45) is 0 Å². The molecule has 0 spiro atoms. The molecule has 0 aromatic heterocycles. The average Bonchev–Trinajstić information content (AvgIpc) is 2.43. The number of nitrogens with one attached hydrogen (secondary N) is 1. The first-order valence-electron chi connectivity index (χ1n) is 6.99. The summed E-state index contributed by atoms with van der Waals surface area (Å²) < 4.78 is 0. The van der Waals surface area contributed by atoms with E-state index in [1.807, 2.05) is 0 Å². The maximum atomic E-state index is 12.4. The van der Waals surface area contributed by atoms with E-state index in [1.54, 1.807) is 30.0 Å². The van der Waals surface area contributed by atoms with Crippen molar-refractivity contribution in [1.29, 1.82) is 0 Å². The number of piperidine rings is 1. The fourth-order valence-corrected chi connectivity index (χ4v) is 2.88. The van der Waals surface area contributed by atoms with Crippen LogP contribution in [0.1, 0.15) is 32.6 Å². The zero-order chi connectivity index (χ0) is 15.4. The van der Waals surface area contributed by atoms with Gasteiger partial charge in [0.05, 0.1) is 10.0 Å². The second kappa shape index (κ2) is 7.14. The Kier molecular flexibility index (Phi) is 5.48. The van der Waals surface area contributed by atoms with Crippen molar-refractivity contribution in [3.05, 3.63) is 28.2 Å². The minimum Gasteiger partial charge on any atom is -0.321 e. The van der Waals surface area contributed by atoms with Crippen molar-refractivity contribution >= 4 is 40.7 Å². The maximum absolute atomic E-state index is 12.4. The van der Waals surface area contributed by atoms with Crippen molar-refractivity contribution in [3.8, 4) is 0 Å². The number of rotatable bonds is 3. The Balaban J connectivity index is 2.06. The van der Waals surface area contributed by atoms with Gasteiger partial charge in [0.1, 0.15) is 5.78 Å². The molecule has 1 saturated heterocycles. The Labute approximate surface area is 134 Å². The number of hydrogen-bond donors (Lipinski definition) is 1. The van der Waals surface area contributed by atoms with E-state index in [0.717, 1.165) is 19.3 Å². The van der Waals surface area contributed by atoms with Crippen molar-refractivity contribution in [2.45, 2.75) is 38.6 Å². The van der Waals surface area contributed by atoms with Crippen molar-refractivity contribution in [1.82, 2.24) is 4.90 Å². The fraction of sp³-hybridized carbons (Fsp3) is 0.467. The van der Waals surface area contributed by atoms with E-state index >= 15 is 0 Å². The van der Waals surface area contributed by atoms with Gasteiger partial charge in [-0.1, -0.05) is 23.2 Å². The molecule has 1 aromatic carbocycles. The van der Waals surface area contributed by atoms with E-state index in [4.69, 9.17) is 23.2 Å². The third-order valence-corrected chi connectivity index (χ3v) is 4.32. The van der Waals surface area contributed by atoms with Gasteiger partial charge < -0.3 is 10.2 Å². The normalized spacial score (nSPS) is 18.4. The lowest BCUT2D eigenvalue weighted by atomic mass is 9.98. The van der Waals surface area contributed by atoms with Crippen LogP contribution in [0.25, 0.3) is 0 Å². The van der Waals surface area contributed by atoms with Crippen LogP contribution in [0.3, 0.4) is 0 Å². The van der Waals surface area contributed by atoms with E-state index in [1.165, 1.54) is 0 Å². The molecule has 2 amide bonds. The molecule has 1 fully saturated rings. The van der Waals surface area contributed by atoms with Gasteiger partial charge in [0, 0.05) is 24.7 Å². The Morgan fingerprint density at radius 1 is 1.29 bits per heavy atom. The first-order chi connectivity index (χ1) is 9.97. The smallest absolute Gasteiger partial charge is 0.321 e. The molecule has 0 aliphatic carbocycles. The Bertz CT molecular complexity index is 548. The number of urea groups is 1. The molecule has 1 aliphatic heterocycles. The van der Waals surface area contributed by atoms with Gasteiger partial charge in [0.2, 0.25) is 0 Å². The van der Waals surface area contributed by atoms with Crippen LogP contribution < -0.4 is 5.32 Å². The summed E-state index contributed by atoms with van der Waals surface area (Å²) in [6.45, 7) is 2.23. The molecule has 1 aromatic rings. The number of likely N-dealkylation sites (tertiary alicyclic amines) is 1. The van der Waals surface area contributed by atoms with Crippen LogP contribution in [0, 0.1) is 0 Å². The fourth-order valence-electron chi connectivity index (χ4n) is 2.58. The van der Waals surface area contributed by atoms with Gasteiger partial charge >= 0.3 is 6.03 Å². The van der Waals surface area contributed by atoms with Gasteiger partial charge in [-0.2, -0.15) is 0 Å². The third-order valence-electron chi connectivity index (χ3n) is 3.58. The first kappa shape index (κ1) is 16.1. The van der Waals surface area contributed by atoms with Crippen LogP contribution in [0.5, 0.6) is 0 Å². The maximum Gasteiger partial charge on any atom is 0.322 e. The second-order valence-electron chi connectivity index (χ2n) is 5.31. The van der Waals surface area contributed by atoms with Crippen molar-refractivity contribution in [3.63, 3.8) is 0 Å². The van der Waals surface area contributed by atoms with Crippen LogP contribution in [0.2, 0.25) is 10.0 Å². The van der Waals surface area contributed by atoms with E-state index < -0.39 is 0 Å². The van der Waals surface area contributed by atoms with Crippen LogP contribution in [-0.2, 0) is 4.79 Å². The molecule has 1 N–H and O–H groups in total. The number of Topliss-reactive ketones (excluding diaryl/α,β-unsaturated/α-hetero) is 1. The zero-order valence-corrected chi connectivity index (χ0v) is 13.4. The predicted molar refractivity (Wildman–Crippen MR) is 85.1 cm³/mol. The second-order valence-corrected chi connectivity index (χ2v) is 6.12. The molecular formula is C15H18Cl2N2O2. The summed E-state index contributed by atoms with van der Waals surface area (Å²) in [5.74, 6) is 0.106. The highest BCUT2D eigenvalue weighted by molar-refractivity contribution is 6.42. The number of anilines is 1. The minimum atomic E-state index is -0.195. The number of carbonyl (C=O) groups excluding carboxylic acids is 2. The standard InChI is InChI=1S/C15H18Cl2N2O2/c1-10(20)8-12-4-2-3-7-19(12)15(21)18-11-5-6-13(16)14(17)9-11/h5-6,9,12H,2-4,7-8H2,1H3,(H,18,21). The van der Waals surface area contributed by atoms with Crippen molar-refractivity contribution < 1.29 is 9.59 Å². The highest BCUT2D eigenvalue weighted by Crippen LogP contribution is 2.26. The SMILES string of the molecule is CC(=O)CC1CCCCN1C(=O)Nc1ccc(Cl)c(Cl)c1. The quantitative estimate of drug-likeness (QED) is 0.896. The predicted octanol–water partition coefficient (Wildman–Crippen LogP) is 4.36. The number of carbonyl (C=O) groups is 2.